The van der Waals surface area contributed by atoms with Crippen molar-refractivity contribution in [2.75, 3.05) is 30.3 Å². The molecular formula is C32H33FN6O3S. The van der Waals surface area contributed by atoms with Crippen LogP contribution in [-0.2, 0) is 15.3 Å². The molecule has 222 valence electrons. The quantitative estimate of drug-likeness (QED) is 0.207. The van der Waals surface area contributed by atoms with Crippen LogP contribution in [0.4, 0.5) is 16.0 Å². The minimum atomic E-state index is -0.610. The first-order valence-electron chi connectivity index (χ1n) is 14.0. The minimum absolute atomic E-state index is 0.0616. The molecule has 0 fully saturated rings. The third-order valence-electron chi connectivity index (χ3n) is 7.10. The van der Waals surface area contributed by atoms with E-state index in [9.17, 15) is 14.0 Å². The number of halogens is 1. The van der Waals surface area contributed by atoms with E-state index in [1.165, 1.54) is 17.8 Å². The molecule has 0 saturated carbocycles. The van der Waals surface area contributed by atoms with Crippen LogP contribution in [0.25, 0.3) is 0 Å². The Bertz CT molecular complexity index is 1620. The molecule has 0 aliphatic carbocycles. The fraction of sp³-hybridized carbons (Fsp3) is 0.250. The summed E-state index contributed by atoms with van der Waals surface area (Å²) < 4.78 is 21.7. The number of nitrogens with one attached hydrogen (secondary N) is 2. The number of thioether (sulfide) groups is 1. The average molecular weight is 601 g/mol. The molecule has 11 heteroatoms. The van der Waals surface area contributed by atoms with Gasteiger partial charge in [0, 0.05) is 30.2 Å². The molecule has 1 aromatic heterocycles. The highest BCUT2D eigenvalue weighted by Gasteiger charge is 2.34. The molecule has 5 rings (SSSR count). The number of amides is 2. The van der Waals surface area contributed by atoms with Crippen LogP contribution in [-0.4, -0.2) is 51.2 Å². The van der Waals surface area contributed by atoms with E-state index in [0.29, 0.717) is 58.2 Å². The van der Waals surface area contributed by atoms with Crippen molar-refractivity contribution in [3.8, 4) is 5.75 Å². The van der Waals surface area contributed by atoms with Gasteiger partial charge in [0.05, 0.1) is 5.57 Å². The van der Waals surface area contributed by atoms with Crippen molar-refractivity contribution in [1.29, 1.82) is 0 Å². The van der Waals surface area contributed by atoms with Crippen LogP contribution in [0.3, 0.4) is 0 Å². The zero-order chi connectivity index (χ0) is 30.3. The summed E-state index contributed by atoms with van der Waals surface area (Å²) in [6, 6.07) is 22.5. The number of fused-ring (bicyclic) bond motifs is 1. The van der Waals surface area contributed by atoms with Crippen LogP contribution in [0.2, 0.25) is 0 Å². The zero-order valence-corrected chi connectivity index (χ0v) is 25.0. The Kier molecular flexibility index (Phi) is 9.41. The van der Waals surface area contributed by atoms with Crippen LogP contribution in [0, 0.1) is 5.82 Å². The summed E-state index contributed by atoms with van der Waals surface area (Å²) >= 11 is 1.31. The monoisotopic (exact) mass is 600 g/mol. The fourth-order valence-electron chi connectivity index (χ4n) is 4.83. The number of carbonyl (C=O) groups is 2. The molecule has 2 amide bonds. The smallest absolute Gasteiger partial charge is 0.260 e. The molecule has 9 nitrogen and oxygen atoms in total. The standard InChI is InChI=1S/C32H33FN6O3S/c1-4-38(5-2)27(40)19-42-25-17-15-22(16-18-25)29-28(30(41)35-24-12-7-6-8-13-24)21(3)34-31-36-32(37-39(29)31)43-20-23-11-9-10-14-26(23)33/h6-18,29H,4-5,19-20H2,1-3H3,(H,35,41)(H,34,36,37). The number of hydrogen-bond acceptors (Lipinski definition) is 7. The van der Waals surface area contributed by atoms with Crippen LogP contribution >= 0.6 is 11.8 Å². The van der Waals surface area contributed by atoms with E-state index < -0.39 is 6.04 Å². The second-order valence-electron chi connectivity index (χ2n) is 9.85. The number of rotatable bonds is 11. The SMILES string of the molecule is CCN(CC)C(=O)COc1ccc(C2C(C(=O)Nc3ccccc3)=C(C)Nc3nc(SCc4ccccc4F)nn32)cc1. The molecule has 1 atom stereocenters. The molecule has 0 spiro atoms. The van der Waals surface area contributed by atoms with Gasteiger partial charge in [0.1, 0.15) is 17.6 Å². The van der Waals surface area contributed by atoms with Gasteiger partial charge >= 0.3 is 0 Å². The maximum Gasteiger partial charge on any atom is 0.260 e. The number of anilines is 2. The van der Waals surface area contributed by atoms with Gasteiger partial charge in [-0.15, -0.1) is 5.10 Å². The Morgan fingerprint density at radius 2 is 1.72 bits per heavy atom. The van der Waals surface area contributed by atoms with Crippen molar-refractivity contribution >= 4 is 35.2 Å². The second-order valence-corrected chi connectivity index (χ2v) is 10.8. The van der Waals surface area contributed by atoms with Crippen LogP contribution in [0.1, 0.15) is 37.9 Å². The number of benzene rings is 3. The number of allylic oxidation sites excluding steroid dienone is 1. The molecule has 2 N–H and O–H groups in total. The topological polar surface area (TPSA) is 101 Å². The maximum absolute atomic E-state index is 14.2. The molecule has 1 aliphatic heterocycles. The maximum atomic E-state index is 14.2. The van der Waals surface area contributed by atoms with Crippen molar-refractivity contribution in [2.24, 2.45) is 0 Å². The Morgan fingerprint density at radius 3 is 2.42 bits per heavy atom. The van der Waals surface area contributed by atoms with Crippen LogP contribution in [0.15, 0.2) is 95.3 Å². The van der Waals surface area contributed by atoms with E-state index in [4.69, 9.17) is 9.84 Å². The summed E-state index contributed by atoms with van der Waals surface area (Å²) in [4.78, 5) is 32.5. The summed E-state index contributed by atoms with van der Waals surface area (Å²) in [6.45, 7) is 6.86. The van der Waals surface area contributed by atoms with Crippen molar-refractivity contribution in [3.05, 3.63) is 107 Å². The molecule has 4 aromatic rings. The van der Waals surface area contributed by atoms with Gasteiger partial charge in [0.2, 0.25) is 11.1 Å². The number of aromatic nitrogens is 3. The predicted molar refractivity (Wildman–Crippen MR) is 165 cm³/mol. The normalized spacial score (nSPS) is 14.1. The molecular weight excluding hydrogens is 567 g/mol. The van der Waals surface area contributed by atoms with E-state index in [1.54, 1.807) is 39.9 Å². The van der Waals surface area contributed by atoms with Crippen molar-refractivity contribution in [3.63, 3.8) is 0 Å². The minimum Gasteiger partial charge on any atom is -0.484 e. The number of nitrogens with zero attached hydrogens (tertiary/aromatic N) is 4. The number of hydrogen-bond donors (Lipinski definition) is 2. The van der Waals surface area contributed by atoms with Gasteiger partial charge in [-0.25, -0.2) is 9.07 Å². The highest BCUT2D eigenvalue weighted by atomic mass is 32.2. The van der Waals surface area contributed by atoms with Gasteiger partial charge in [-0.2, -0.15) is 4.98 Å². The first-order valence-corrected chi connectivity index (χ1v) is 15.0. The molecule has 1 unspecified atom stereocenters. The molecule has 2 heterocycles. The highest BCUT2D eigenvalue weighted by molar-refractivity contribution is 7.98. The van der Waals surface area contributed by atoms with E-state index in [0.717, 1.165) is 5.56 Å². The van der Waals surface area contributed by atoms with Gasteiger partial charge in [0.25, 0.3) is 11.8 Å². The average Bonchev–Trinajstić information content (AvgIpc) is 3.42. The first kappa shape index (κ1) is 29.8. The summed E-state index contributed by atoms with van der Waals surface area (Å²) in [6.07, 6.45) is 0. The van der Waals surface area contributed by atoms with E-state index in [2.05, 4.69) is 15.6 Å². The van der Waals surface area contributed by atoms with E-state index >= 15 is 0 Å². The molecule has 43 heavy (non-hydrogen) atoms. The third-order valence-corrected chi connectivity index (χ3v) is 7.98. The van der Waals surface area contributed by atoms with Crippen molar-refractivity contribution < 1.29 is 18.7 Å². The van der Waals surface area contributed by atoms with Gasteiger partial charge in [0.15, 0.2) is 6.61 Å². The molecule has 0 saturated heterocycles. The molecule has 0 radical (unpaired) electrons. The Labute approximate surface area is 254 Å². The van der Waals surface area contributed by atoms with Gasteiger partial charge in [-0.1, -0.05) is 60.3 Å². The summed E-state index contributed by atoms with van der Waals surface area (Å²) in [5.74, 6) is 0.710. The first-order chi connectivity index (χ1) is 20.9. The van der Waals surface area contributed by atoms with Crippen LogP contribution in [0.5, 0.6) is 5.75 Å². The Balaban J connectivity index is 1.43. The second kappa shape index (κ2) is 13.6. The largest absolute Gasteiger partial charge is 0.484 e. The number of ether oxygens (including phenoxy) is 1. The Morgan fingerprint density at radius 1 is 1.02 bits per heavy atom. The molecule has 0 bridgehead atoms. The molecule has 1 aliphatic rings. The summed E-state index contributed by atoms with van der Waals surface area (Å²) in [5.41, 5.74) is 3.10. The lowest BCUT2D eigenvalue weighted by atomic mass is 9.95. The lowest BCUT2D eigenvalue weighted by molar-refractivity contribution is -0.133. The van der Waals surface area contributed by atoms with Gasteiger partial charge in [-0.3, -0.25) is 9.59 Å². The number of para-hydroxylation sites is 1. The van der Waals surface area contributed by atoms with Gasteiger partial charge in [-0.05, 0) is 62.2 Å². The molecule has 3 aromatic carbocycles. The van der Waals surface area contributed by atoms with Crippen LogP contribution < -0.4 is 15.4 Å². The predicted octanol–water partition coefficient (Wildman–Crippen LogP) is 5.88. The Hall–Kier alpha value is -4.64. The summed E-state index contributed by atoms with van der Waals surface area (Å²) in [7, 11) is 0. The van der Waals surface area contributed by atoms with E-state index in [1.807, 2.05) is 63.2 Å². The number of carbonyl (C=O) groups excluding carboxylic acids is 2. The summed E-state index contributed by atoms with van der Waals surface area (Å²) in [5, 5.41) is 11.4. The van der Waals surface area contributed by atoms with E-state index in [-0.39, 0.29) is 24.2 Å². The third kappa shape index (κ3) is 6.89. The fourth-order valence-corrected chi connectivity index (χ4v) is 5.65. The van der Waals surface area contributed by atoms with Crippen molar-refractivity contribution in [1.82, 2.24) is 19.7 Å². The lowest BCUT2D eigenvalue weighted by Crippen LogP contribution is -2.34. The highest BCUT2D eigenvalue weighted by Crippen LogP contribution is 2.37. The van der Waals surface area contributed by atoms with Gasteiger partial charge < -0.3 is 20.3 Å². The lowest BCUT2D eigenvalue weighted by Gasteiger charge is -2.28. The zero-order valence-electron chi connectivity index (χ0n) is 24.2. The number of likely N-dealkylation sites (N-methyl/N-ethyl adjacent to an activating group) is 1. The van der Waals surface area contributed by atoms with Crippen molar-refractivity contribution in [2.45, 2.75) is 37.7 Å².